The second-order valence-electron chi connectivity index (χ2n) is 5.68. The van der Waals surface area contributed by atoms with Gasteiger partial charge in [0, 0.05) is 19.4 Å². The van der Waals surface area contributed by atoms with Crippen molar-refractivity contribution in [3.8, 4) is 0 Å². The average molecular weight is 222 g/mol. The first-order valence-corrected chi connectivity index (χ1v) is 6.17. The summed E-state index contributed by atoms with van der Waals surface area (Å²) in [7, 11) is 1.95. The van der Waals surface area contributed by atoms with E-state index in [-0.39, 0.29) is 5.41 Å². The van der Waals surface area contributed by atoms with Crippen LogP contribution < -0.4 is 0 Å². The van der Waals surface area contributed by atoms with Crippen LogP contribution in [0.25, 0.3) is 0 Å². The molecule has 1 aliphatic rings. The third-order valence-electron chi connectivity index (χ3n) is 4.09. The van der Waals surface area contributed by atoms with Crippen molar-refractivity contribution < 1.29 is 5.11 Å². The molecule has 0 amide bonds. The number of aliphatic hydroxyl groups is 1. The molecule has 2 atom stereocenters. The smallest absolute Gasteiger partial charge is 0.137 e. The molecule has 1 heterocycles. The van der Waals surface area contributed by atoms with Gasteiger partial charge in [-0.2, -0.15) is 0 Å². The summed E-state index contributed by atoms with van der Waals surface area (Å²) in [5.74, 6) is 1.14. The van der Waals surface area contributed by atoms with E-state index in [1.807, 2.05) is 17.8 Å². The maximum absolute atomic E-state index is 10.5. The third-order valence-corrected chi connectivity index (χ3v) is 4.09. The third kappa shape index (κ3) is 2.01. The lowest BCUT2D eigenvalue weighted by Crippen LogP contribution is -2.33. The standard InChI is InChI=1S/C13H22N2O/c1-13(2)7-5-4-6-10(13)11(16)12-14-8-9-15(12)3/h8-11,16H,4-7H2,1-3H3. The molecule has 0 aliphatic heterocycles. The summed E-state index contributed by atoms with van der Waals surface area (Å²) in [5.41, 5.74) is 0.226. The Kier molecular flexibility index (Phi) is 3.06. The molecule has 2 unspecified atom stereocenters. The van der Waals surface area contributed by atoms with Gasteiger partial charge in [0.1, 0.15) is 11.9 Å². The van der Waals surface area contributed by atoms with Gasteiger partial charge in [-0.3, -0.25) is 0 Å². The second kappa shape index (κ2) is 4.21. The van der Waals surface area contributed by atoms with E-state index in [1.165, 1.54) is 19.3 Å². The molecular weight excluding hydrogens is 200 g/mol. The van der Waals surface area contributed by atoms with Crippen molar-refractivity contribution in [2.24, 2.45) is 18.4 Å². The van der Waals surface area contributed by atoms with Gasteiger partial charge in [-0.15, -0.1) is 0 Å². The summed E-state index contributed by atoms with van der Waals surface area (Å²) in [6.07, 6.45) is 8.07. The Labute approximate surface area is 97.5 Å². The van der Waals surface area contributed by atoms with Gasteiger partial charge < -0.3 is 9.67 Å². The highest BCUT2D eigenvalue weighted by Crippen LogP contribution is 2.46. The molecule has 0 aromatic carbocycles. The maximum atomic E-state index is 10.5. The number of rotatable bonds is 2. The molecule has 90 valence electrons. The van der Waals surface area contributed by atoms with Crippen molar-refractivity contribution in [3.05, 3.63) is 18.2 Å². The highest BCUT2D eigenvalue weighted by molar-refractivity contribution is 5.01. The van der Waals surface area contributed by atoms with E-state index in [1.54, 1.807) is 6.20 Å². The molecule has 1 fully saturated rings. The molecule has 0 spiro atoms. The highest BCUT2D eigenvalue weighted by atomic mass is 16.3. The summed E-state index contributed by atoms with van der Waals surface area (Å²) in [4.78, 5) is 4.27. The van der Waals surface area contributed by atoms with Crippen LogP contribution in [0.2, 0.25) is 0 Å². The Morgan fingerprint density at radius 3 is 2.81 bits per heavy atom. The Morgan fingerprint density at radius 2 is 2.25 bits per heavy atom. The number of hydrogen-bond donors (Lipinski definition) is 1. The number of hydrogen-bond acceptors (Lipinski definition) is 2. The SMILES string of the molecule is Cn1ccnc1C(O)C1CCCCC1(C)C. The van der Waals surface area contributed by atoms with Crippen LogP contribution in [0.5, 0.6) is 0 Å². The van der Waals surface area contributed by atoms with Gasteiger partial charge in [0.15, 0.2) is 0 Å². The number of aliphatic hydroxyl groups excluding tert-OH is 1. The Balaban J connectivity index is 2.20. The first-order chi connectivity index (χ1) is 7.52. The van der Waals surface area contributed by atoms with E-state index >= 15 is 0 Å². The van der Waals surface area contributed by atoms with Crippen molar-refractivity contribution in [3.63, 3.8) is 0 Å². The quantitative estimate of drug-likeness (QED) is 0.835. The van der Waals surface area contributed by atoms with Crippen LogP contribution in [0.15, 0.2) is 12.4 Å². The normalized spacial score (nSPS) is 26.6. The minimum absolute atomic E-state index is 0.226. The second-order valence-corrected chi connectivity index (χ2v) is 5.68. The predicted molar refractivity (Wildman–Crippen MR) is 63.9 cm³/mol. The van der Waals surface area contributed by atoms with Gasteiger partial charge >= 0.3 is 0 Å². The predicted octanol–water partition coefficient (Wildman–Crippen LogP) is 2.67. The minimum Gasteiger partial charge on any atom is -0.385 e. The van der Waals surface area contributed by atoms with Crippen molar-refractivity contribution in [2.45, 2.75) is 45.6 Å². The molecular formula is C13H22N2O. The zero-order chi connectivity index (χ0) is 11.8. The summed E-state index contributed by atoms with van der Waals surface area (Å²) in [6.45, 7) is 4.53. The van der Waals surface area contributed by atoms with E-state index in [4.69, 9.17) is 0 Å². The van der Waals surface area contributed by atoms with Crippen molar-refractivity contribution in [2.75, 3.05) is 0 Å². The molecule has 2 rings (SSSR count). The Bertz CT molecular complexity index is 357. The van der Waals surface area contributed by atoms with E-state index in [0.717, 1.165) is 12.2 Å². The molecule has 1 saturated carbocycles. The van der Waals surface area contributed by atoms with Gasteiger partial charge in [-0.1, -0.05) is 26.7 Å². The maximum Gasteiger partial charge on any atom is 0.137 e. The monoisotopic (exact) mass is 222 g/mol. The van der Waals surface area contributed by atoms with Crippen LogP contribution in [0, 0.1) is 11.3 Å². The lowest BCUT2D eigenvalue weighted by Gasteiger charge is -2.41. The van der Waals surface area contributed by atoms with Gasteiger partial charge in [-0.05, 0) is 24.2 Å². The summed E-state index contributed by atoms with van der Waals surface area (Å²) >= 11 is 0. The Hall–Kier alpha value is -0.830. The molecule has 0 bridgehead atoms. The molecule has 16 heavy (non-hydrogen) atoms. The fourth-order valence-electron chi connectivity index (χ4n) is 2.95. The molecule has 0 radical (unpaired) electrons. The van der Waals surface area contributed by atoms with Crippen LogP contribution >= 0.6 is 0 Å². The van der Waals surface area contributed by atoms with Crippen molar-refractivity contribution >= 4 is 0 Å². The van der Waals surface area contributed by atoms with Crippen LogP contribution in [0.3, 0.4) is 0 Å². The highest BCUT2D eigenvalue weighted by Gasteiger charge is 2.38. The lowest BCUT2D eigenvalue weighted by atomic mass is 9.66. The van der Waals surface area contributed by atoms with Crippen molar-refractivity contribution in [1.82, 2.24) is 9.55 Å². The number of nitrogens with zero attached hydrogens (tertiary/aromatic N) is 2. The number of aryl methyl sites for hydroxylation is 1. The van der Waals surface area contributed by atoms with Gasteiger partial charge in [-0.25, -0.2) is 4.98 Å². The van der Waals surface area contributed by atoms with Gasteiger partial charge in [0.25, 0.3) is 0 Å². The molecule has 1 aromatic rings. The molecule has 1 aliphatic carbocycles. The molecule has 3 nitrogen and oxygen atoms in total. The van der Waals surface area contributed by atoms with Crippen molar-refractivity contribution in [1.29, 1.82) is 0 Å². The van der Waals surface area contributed by atoms with E-state index < -0.39 is 6.10 Å². The molecule has 0 saturated heterocycles. The van der Waals surface area contributed by atoms with E-state index in [9.17, 15) is 5.11 Å². The van der Waals surface area contributed by atoms with Gasteiger partial charge in [0.05, 0.1) is 0 Å². The number of aromatic nitrogens is 2. The first-order valence-electron chi connectivity index (χ1n) is 6.17. The fourth-order valence-corrected chi connectivity index (χ4v) is 2.95. The summed E-state index contributed by atoms with van der Waals surface area (Å²) < 4.78 is 1.93. The van der Waals surface area contributed by atoms with Crippen LogP contribution in [-0.4, -0.2) is 14.7 Å². The zero-order valence-electron chi connectivity index (χ0n) is 10.5. The summed E-state index contributed by atoms with van der Waals surface area (Å²) in [5, 5.41) is 10.5. The fraction of sp³-hybridized carbons (Fsp3) is 0.769. The molecule has 1 N–H and O–H groups in total. The van der Waals surface area contributed by atoms with Crippen LogP contribution in [0.4, 0.5) is 0 Å². The molecule has 1 aromatic heterocycles. The average Bonchev–Trinajstić information content (AvgIpc) is 2.63. The molecule has 3 heteroatoms. The Morgan fingerprint density at radius 1 is 1.50 bits per heavy atom. The lowest BCUT2D eigenvalue weighted by molar-refractivity contribution is -0.00251. The van der Waals surface area contributed by atoms with E-state index in [2.05, 4.69) is 18.8 Å². The first kappa shape index (κ1) is 11.6. The van der Waals surface area contributed by atoms with Crippen LogP contribution in [0.1, 0.15) is 51.5 Å². The minimum atomic E-state index is -0.421. The van der Waals surface area contributed by atoms with Crippen LogP contribution in [-0.2, 0) is 7.05 Å². The largest absolute Gasteiger partial charge is 0.385 e. The van der Waals surface area contributed by atoms with E-state index in [0.29, 0.717) is 5.92 Å². The topological polar surface area (TPSA) is 38.0 Å². The summed E-state index contributed by atoms with van der Waals surface area (Å²) in [6, 6.07) is 0. The van der Waals surface area contributed by atoms with Gasteiger partial charge in [0.2, 0.25) is 0 Å². The zero-order valence-corrected chi connectivity index (χ0v) is 10.5. The number of imidazole rings is 1.